The third-order valence-corrected chi connectivity index (χ3v) is 5.47. The SMILES string of the molecule is CCOC(=O)[C@@H]1C(=O)NC(N2CCN(c3ncccn3)CC2)=N[C@@H]1c1cccc(Cl)c1. The van der Waals surface area contributed by atoms with Gasteiger partial charge in [-0.15, -0.1) is 0 Å². The van der Waals surface area contributed by atoms with Crippen molar-refractivity contribution in [3.05, 3.63) is 53.3 Å². The molecule has 0 aliphatic carbocycles. The minimum Gasteiger partial charge on any atom is -0.465 e. The summed E-state index contributed by atoms with van der Waals surface area (Å²) >= 11 is 6.16. The van der Waals surface area contributed by atoms with Gasteiger partial charge in [-0.25, -0.2) is 15.0 Å². The Kier molecular flexibility index (Phi) is 6.31. The third-order valence-electron chi connectivity index (χ3n) is 5.24. The first-order valence-corrected chi connectivity index (χ1v) is 10.5. The summed E-state index contributed by atoms with van der Waals surface area (Å²) in [6, 6.07) is 8.12. The van der Waals surface area contributed by atoms with Gasteiger partial charge in [-0.2, -0.15) is 0 Å². The Hall–Kier alpha value is -3.20. The van der Waals surface area contributed by atoms with Gasteiger partial charge in [0.15, 0.2) is 5.92 Å². The summed E-state index contributed by atoms with van der Waals surface area (Å²) < 4.78 is 5.14. The second kappa shape index (κ2) is 9.30. The molecule has 162 valence electrons. The van der Waals surface area contributed by atoms with Crippen LogP contribution in [0.1, 0.15) is 18.5 Å². The number of benzene rings is 1. The number of piperazine rings is 1. The highest BCUT2D eigenvalue weighted by molar-refractivity contribution is 6.30. The summed E-state index contributed by atoms with van der Waals surface area (Å²) in [5.74, 6) is -0.970. The van der Waals surface area contributed by atoms with E-state index in [9.17, 15) is 9.59 Å². The number of carbonyl (C=O) groups excluding carboxylic acids is 2. The molecule has 1 amide bonds. The molecular weight excluding hydrogens is 420 g/mol. The molecule has 0 spiro atoms. The predicted octanol–water partition coefficient (Wildman–Crippen LogP) is 1.66. The molecule has 2 aliphatic heterocycles. The lowest BCUT2D eigenvalue weighted by Crippen LogP contribution is -2.57. The number of carbonyl (C=O) groups is 2. The molecule has 1 aromatic heterocycles. The number of hydrogen-bond donors (Lipinski definition) is 1. The van der Waals surface area contributed by atoms with Crippen molar-refractivity contribution in [2.24, 2.45) is 10.9 Å². The Balaban J connectivity index is 1.57. The topological polar surface area (TPSA) is 100 Å². The highest BCUT2D eigenvalue weighted by Crippen LogP contribution is 2.32. The zero-order valence-electron chi connectivity index (χ0n) is 17.1. The van der Waals surface area contributed by atoms with Crippen LogP contribution in [-0.4, -0.2) is 65.5 Å². The van der Waals surface area contributed by atoms with Crippen LogP contribution in [0.25, 0.3) is 0 Å². The Morgan fingerprint density at radius 1 is 1.16 bits per heavy atom. The quantitative estimate of drug-likeness (QED) is 0.567. The monoisotopic (exact) mass is 442 g/mol. The van der Waals surface area contributed by atoms with E-state index in [1.165, 1.54) is 0 Å². The maximum absolute atomic E-state index is 12.9. The van der Waals surface area contributed by atoms with Gasteiger partial charge in [-0.3, -0.25) is 14.9 Å². The molecule has 0 saturated carbocycles. The van der Waals surface area contributed by atoms with E-state index in [2.05, 4.69) is 20.2 Å². The second-order valence-corrected chi connectivity index (χ2v) is 7.63. The first kappa shape index (κ1) is 21.0. The van der Waals surface area contributed by atoms with Crippen LogP contribution >= 0.6 is 11.6 Å². The minimum atomic E-state index is -1.07. The fourth-order valence-electron chi connectivity index (χ4n) is 3.73. The van der Waals surface area contributed by atoms with Gasteiger partial charge in [0.25, 0.3) is 0 Å². The van der Waals surface area contributed by atoms with Gasteiger partial charge in [-0.05, 0) is 30.7 Å². The highest BCUT2D eigenvalue weighted by atomic mass is 35.5. The van der Waals surface area contributed by atoms with Crippen molar-refractivity contribution in [1.29, 1.82) is 0 Å². The van der Waals surface area contributed by atoms with E-state index in [0.717, 1.165) is 0 Å². The normalized spacial score (nSPS) is 21.4. The van der Waals surface area contributed by atoms with E-state index in [0.29, 0.717) is 48.7 Å². The molecule has 0 unspecified atom stereocenters. The average molecular weight is 443 g/mol. The molecule has 3 heterocycles. The fraction of sp³-hybridized carbons (Fsp3) is 0.381. The summed E-state index contributed by atoms with van der Waals surface area (Å²) in [6.07, 6.45) is 3.43. The Morgan fingerprint density at radius 3 is 2.55 bits per heavy atom. The van der Waals surface area contributed by atoms with Gasteiger partial charge < -0.3 is 14.5 Å². The van der Waals surface area contributed by atoms with Crippen molar-refractivity contribution < 1.29 is 14.3 Å². The zero-order valence-corrected chi connectivity index (χ0v) is 17.8. The predicted molar refractivity (Wildman–Crippen MR) is 116 cm³/mol. The number of guanidine groups is 1. The molecular formula is C21H23ClN6O3. The molecule has 1 saturated heterocycles. The largest absolute Gasteiger partial charge is 0.465 e. The number of halogens is 1. The van der Waals surface area contributed by atoms with Crippen LogP contribution in [0.4, 0.5) is 5.95 Å². The van der Waals surface area contributed by atoms with Gasteiger partial charge in [-0.1, -0.05) is 23.7 Å². The van der Waals surface area contributed by atoms with Crippen LogP contribution in [0.3, 0.4) is 0 Å². The molecule has 10 heteroatoms. The number of nitrogens with zero attached hydrogens (tertiary/aromatic N) is 5. The summed E-state index contributed by atoms with van der Waals surface area (Å²) in [5, 5.41) is 3.31. The number of hydrogen-bond acceptors (Lipinski definition) is 8. The van der Waals surface area contributed by atoms with E-state index in [4.69, 9.17) is 21.3 Å². The lowest BCUT2D eigenvalue weighted by molar-refractivity contribution is -0.153. The number of esters is 1. The lowest BCUT2D eigenvalue weighted by Gasteiger charge is -2.38. The Bertz CT molecular complexity index is 978. The first-order chi connectivity index (χ1) is 15.1. The number of rotatable bonds is 4. The van der Waals surface area contributed by atoms with Crippen molar-refractivity contribution in [2.75, 3.05) is 37.7 Å². The average Bonchev–Trinajstić information content (AvgIpc) is 2.79. The van der Waals surface area contributed by atoms with Crippen molar-refractivity contribution in [2.45, 2.75) is 13.0 Å². The number of ether oxygens (including phenoxy) is 1. The zero-order chi connectivity index (χ0) is 21.8. The summed E-state index contributed by atoms with van der Waals surface area (Å²) in [7, 11) is 0. The maximum Gasteiger partial charge on any atom is 0.321 e. The van der Waals surface area contributed by atoms with Crippen LogP contribution < -0.4 is 10.2 Å². The van der Waals surface area contributed by atoms with Gasteiger partial charge in [0.2, 0.25) is 17.8 Å². The standard InChI is InChI=1S/C21H23ClN6O3/c1-2-31-19(30)16-17(14-5-3-6-15(22)13-14)25-21(26-18(16)29)28-11-9-27(10-12-28)20-23-7-4-8-24-20/h3-8,13,16-17H,2,9-12H2,1H3,(H,25,26,29)/t16-,17+/m0/s1. The molecule has 1 aromatic carbocycles. The van der Waals surface area contributed by atoms with Crippen LogP contribution in [0.2, 0.25) is 5.02 Å². The maximum atomic E-state index is 12.9. The van der Waals surface area contributed by atoms with Crippen molar-refractivity contribution in [1.82, 2.24) is 20.2 Å². The third kappa shape index (κ3) is 4.61. The molecule has 2 atom stereocenters. The van der Waals surface area contributed by atoms with E-state index < -0.39 is 23.8 Å². The summed E-state index contributed by atoms with van der Waals surface area (Å²) in [5.41, 5.74) is 0.689. The van der Waals surface area contributed by atoms with Crippen molar-refractivity contribution in [3.8, 4) is 0 Å². The van der Waals surface area contributed by atoms with Gasteiger partial charge in [0.05, 0.1) is 6.61 Å². The first-order valence-electron chi connectivity index (χ1n) is 10.1. The van der Waals surface area contributed by atoms with Gasteiger partial charge >= 0.3 is 5.97 Å². The molecule has 9 nitrogen and oxygen atoms in total. The molecule has 0 radical (unpaired) electrons. The van der Waals surface area contributed by atoms with Gasteiger partial charge in [0.1, 0.15) is 6.04 Å². The Morgan fingerprint density at radius 2 is 1.87 bits per heavy atom. The molecule has 0 bridgehead atoms. The highest BCUT2D eigenvalue weighted by Gasteiger charge is 2.42. The second-order valence-electron chi connectivity index (χ2n) is 7.19. The fourth-order valence-corrected chi connectivity index (χ4v) is 3.93. The number of nitrogens with one attached hydrogen (secondary N) is 1. The summed E-state index contributed by atoms with van der Waals surface area (Å²) in [4.78, 5) is 42.9. The molecule has 2 aliphatic rings. The lowest BCUT2D eigenvalue weighted by atomic mass is 9.91. The van der Waals surface area contributed by atoms with Crippen LogP contribution in [0.5, 0.6) is 0 Å². The number of aliphatic imine (C=N–C) groups is 1. The van der Waals surface area contributed by atoms with Crippen LogP contribution in [0.15, 0.2) is 47.7 Å². The minimum absolute atomic E-state index is 0.185. The molecule has 1 N–H and O–H groups in total. The molecule has 4 rings (SSSR count). The van der Waals surface area contributed by atoms with E-state index in [1.807, 2.05) is 11.0 Å². The van der Waals surface area contributed by atoms with Crippen molar-refractivity contribution >= 4 is 35.4 Å². The molecule has 2 aromatic rings. The van der Waals surface area contributed by atoms with E-state index >= 15 is 0 Å². The number of aromatic nitrogens is 2. The smallest absolute Gasteiger partial charge is 0.321 e. The Labute approximate surface area is 185 Å². The van der Waals surface area contributed by atoms with Crippen molar-refractivity contribution in [3.63, 3.8) is 0 Å². The van der Waals surface area contributed by atoms with E-state index in [-0.39, 0.29) is 6.61 Å². The summed E-state index contributed by atoms with van der Waals surface area (Å²) in [6.45, 7) is 4.51. The molecule has 31 heavy (non-hydrogen) atoms. The van der Waals surface area contributed by atoms with Crippen LogP contribution in [0, 0.1) is 5.92 Å². The van der Waals surface area contributed by atoms with Gasteiger partial charge in [0, 0.05) is 43.6 Å². The van der Waals surface area contributed by atoms with E-state index in [1.54, 1.807) is 43.6 Å². The molecule has 1 fully saturated rings. The number of amides is 1. The van der Waals surface area contributed by atoms with Crippen LogP contribution in [-0.2, 0) is 14.3 Å². The number of anilines is 1.